The molecule has 0 saturated carbocycles. The van der Waals surface area contributed by atoms with Gasteiger partial charge in [-0.3, -0.25) is 0 Å². The van der Waals surface area contributed by atoms with Crippen LogP contribution in [0.2, 0.25) is 0 Å². The molecular formula is C14H26. The van der Waals surface area contributed by atoms with Crippen molar-refractivity contribution < 1.29 is 0 Å². The second-order valence-electron chi connectivity index (χ2n) is 5.50. The quantitative estimate of drug-likeness (QED) is 0.510. The molecular weight excluding hydrogens is 168 g/mol. The zero-order valence-electron chi connectivity index (χ0n) is 10.3. The number of allylic oxidation sites excluding steroid dienone is 2. The second-order valence-corrected chi connectivity index (χ2v) is 5.50. The molecule has 2 unspecified atom stereocenters. The highest BCUT2D eigenvalue weighted by Crippen LogP contribution is 2.33. The minimum Gasteiger partial charge on any atom is -0.0778 e. The molecule has 0 bridgehead atoms. The van der Waals surface area contributed by atoms with Gasteiger partial charge in [-0.2, -0.15) is 0 Å². The largest absolute Gasteiger partial charge is 0.0778 e. The lowest BCUT2D eigenvalue weighted by Gasteiger charge is -2.11. The third kappa shape index (κ3) is 4.83. The number of rotatable bonds is 7. The van der Waals surface area contributed by atoms with Gasteiger partial charge in [0.1, 0.15) is 0 Å². The standard InChI is InChI=1S/C14H26/c1-11(2)6-5-7-12(3)8-9-14-10-13(14)4/h10-13H,5-9H2,1-4H3. The zero-order valence-corrected chi connectivity index (χ0v) is 10.3. The minimum absolute atomic E-state index is 0.845. The first-order valence-electron chi connectivity index (χ1n) is 6.30. The Bertz CT molecular complexity index is 188. The molecule has 82 valence electrons. The lowest BCUT2D eigenvalue weighted by atomic mass is 9.95. The molecule has 0 heterocycles. The average Bonchev–Trinajstić information content (AvgIpc) is 2.78. The van der Waals surface area contributed by atoms with Crippen molar-refractivity contribution in [1.82, 2.24) is 0 Å². The third-order valence-electron chi connectivity index (χ3n) is 3.34. The second kappa shape index (κ2) is 5.58. The molecule has 0 aliphatic heterocycles. The molecule has 1 aliphatic rings. The molecule has 0 aromatic rings. The van der Waals surface area contributed by atoms with E-state index < -0.39 is 0 Å². The van der Waals surface area contributed by atoms with E-state index in [9.17, 15) is 0 Å². The smallest absolute Gasteiger partial charge is 0.00486 e. The highest BCUT2D eigenvalue weighted by molar-refractivity contribution is 5.27. The van der Waals surface area contributed by atoms with Gasteiger partial charge >= 0.3 is 0 Å². The SMILES string of the molecule is CC(C)CCCC(C)CCC1=CC1C. The Hall–Kier alpha value is -0.260. The van der Waals surface area contributed by atoms with Gasteiger partial charge in [0.25, 0.3) is 0 Å². The molecule has 0 nitrogen and oxygen atoms in total. The van der Waals surface area contributed by atoms with Gasteiger partial charge in [0.15, 0.2) is 0 Å². The van der Waals surface area contributed by atoms with Crippen molar-refractivity contribution >= 4 is 0 Å². The van der Waals surface area contributed by atoms with Gasteiger partial charge in [-0.1, -0.05) is 58.6 Å². The van der Waals surface area contributed by atoms with Gasteiger partial charge in [0.05, 0.1) is 0 Å². The van der Waals surface area contributed by atoms with Crippen LogP contribution in [0.15, 0.2) is 11.6 Å². The summed E-state index contributed by atoms with van der Waals surface area (Å²) in [7, 11) is 0. The van der Waals surface area contributed by atoms with Crippen molar-refractivity contribution in [2.24, 2.45) is 17.8 Å². The predicted octanol–water partition coefficient (Wildman–Crippen LogP) is 4.81. The zero-order chi connectivity index (χ0) is 10.6. The van der Waals surface area contributed by atoms with E-state index in [0.717, 1.165) is 17.8 Å². The van der Waals surface area contributed by atoms with Gasteiger partial charge in [-0.05, 0) is 30.6 Å². The van der Waals surface area contributed by atoms with E-state index in [1.165, 1.54) is 32.1 Å². The van der Waals surface area contributed by atoms with E-state index in [1.807, 2.05) is 0 Å². The van der Waals surface area contributed by atoms with Crippen LogP contribution < -0.4 is 0 Å². The molecule has 14 heavy (non-hydrogen) atoms. The molecule has 0 aromatic heterocycles. The van der Waals surface area contributed by atoms with Crippen molar-refractivity contribution in [3.63, 3.8) is 0 Å². The number of hydrogen-bond donors (Lipinski definition) is 0. The monoisotopic (exact) mass is 194 g/mol. The Morgan fingerprint density at radius 2 is 1.79 bits per heavy atom. The summed E-state index contributed by atoms with van der Waals surface area (Å²) >= 11 is 0. The topological polar surface area (TPSA) is 0 Å². The van der Waals surface area contributed by atoms with Crippen molar-refractivity contribution in [1.29, 1.82) is 0 Å². The Morgan fingerprint density at radius 3 is 2.29 bits per heavy atom. The van der Waals surface area contributed by atoms with Gasteiger partial charge in [0.2, 0.25) is 0 Å². The van der Waals surface area contributed by atoms with Gasteiger partial charge in [0, 0.05) is 0 Å². The lowest BCUT2D eigenvalue weighted by molar-refractivity contribution is 0.436. The van der Waals surface area contributed by atoms with Crippen LogP contribution in [0.3, 0.4) is 0 Å². The molecule has 2 atom stereocenters. The van der Waals surface area contributed by atoms with Crippen molar-refractivity contribution in [3.8, 4) is 0 Å². The molecule has 1 rings (SSSR count). The van der Waals surface area contributed by atoms with Crippen LogP contribution in [0.25, 0.3) is 0 Å². The Morgan fingerprint density at radius 1 is 1.14 bits per heavy atom. The van der Waals surface area contributed by atoms with Crippen LogP contribution in [0.4, 0.5) is 0 Å². The third-order valence-corrected chi connectivity index (χ3v) is 3.34. The first-order chi connectivity index (χ1) is 6.59. The summed E-state index contributed by atoms with van der Waals surface area (Å²) in [5, 5.41) is 0. The van der Waals surface area contributed by atoms with Crippen LogP contribution >= 0.6 is 0 Å². The molecule has 0 N–H and O–H groups in total. The fraction of sp³-hybridized carbons (Fsp3) is 0.857. The molecule has 0 amide bonds. The molecule has 1 aliphatic carbocycles. The van der Waals surface area contributed by atoms with Crippen LogP contribution in [-0.4, -0.2) is 0 Å². The van der Waals surface area contributed by atoms with E-state index in [-0.39, 0.29) is 0 Å². The number of hydrogen-bond acceptors (Lipinski definition) is 0. The molecule has 0 aromatic carbocycles. The van der Waals surface area contributed by atoms with E-state index in [2.05, 4.69) is 33.8 Å². The Balaban J connectivity index is 1.93. The van der Waals surface area contributed by atoms with E-state index in [0.29, 0.717) is 0 Å². The van der Waals surface area contributed by atoms with Crippen LogP contribution in [-0.2, 0) is 0 Å². The van der Waals surface area contributed by atoms with Crippen molar-refractivity contribution in [3.05, 3.63) is 11.6 Å². The Labute approximate surface area is 89.8 Å². The summed E-state index contributed by atoms with van der Waals surface area (Å²) in [6.45, 7) is 9.36. The maximum atomic E-state index is 2.41. The normalized spacial score (nSPS) is 22.4. The van der Waals surface area contributed by atoms with Crippen LogP contribution in [0.1, 0.15) is 59.8 Å². The van der Waals surface area contributed by atoms with Crippen LogP contribution in [0, 0.1) is 17.8 Å². The average molecular weight is 194 g/mol. The first kappa shape index (κ1) is 11.8. The lowest BCUT2D eigenvalue weighted by Crippen LogP contribution is -1.96. The molecule has 0 fully saturated rings. The fourth-order valence-electron chi connectivity index (χ4n) is 2.02. The van der Waals surface area contributed by atoms with Gasteiger partial charge in [-0.15, -0.1) is 0 Å². The summed E-state index contributed by atoms with van der Waals surface area (Å²) in [6.07, 6.45) is 9.44. The van der Waals surface area contributed by atoms with E-state index >= 15 is 0 Å². The molecule has 0 radical (unpaired) electrons. The van der Waals surface area contributed by atoms with E-state index in [1.54, 1.807) is 5.57 Å². The highest BCUT2D eigenvalue weighted by atomic mass is 14.2. The molecule has 0 saturated heterocycles. The van der Waals surface area contributed by atoms with Gasteiger partial charge < -0.3 is 0 Å². The van der Waals surface area contributed by atoms with Crippen molar-refractivity contribution in [2.75, 3.05) is 0 Å². The molecule has 0 spiro atoms. The Kier molecular flexibility index (Phi) is 4.71. The predicted molar refractivity (Wildman–Crippen MR) is 64.3 cm³/mol. The van der Waals surface area contributed by atoms with Crippen molar-refractivity contribution in [2.45, 2.75) is 59.8 Å². The minimum atomic E-state index is 0.845. The summed E-state index contributed by atoms with van der Waals surface area (Å²) in [4.78, 5) is 0. The maximum Gasteiger partial charge on any atom is -0.00486 e. The summed E-state index contributed by atoms with van der Waals surface area (Å²) in [6, 6.07) is 0. The summed E-state index contributed by atoms with van der Waals surface area (Å²) in [5.41, 5.74) is 1.71. The maximum absolute atomic E-state index is 2.41. The first-order valence-corrected chi connectivity index (χ1v) is 6.30. The molecule has 0 heteroatoms. The summed E-state index contributed by atoms with van der Waals surface area (Å²) in [5.74, 6) is 2.66. The fourth-order valence-corrected chi connectivity index (χ4v) is 2.02. The summed E-state index contributed by atoms with van der Waals surface area (Å²) < 4.78 is 0. The highest BCUT2D eigenvalue weighted by Gasteiger charge is 2.18. The van der Waals surface area contributed by atoms with Crippen LogP contribution in [0.5, 0.6) is 0 Å². The van der Waals surface area contributed by atoms with E-state index in [4.69, 9.17) is 0 Å². The van der Waals surface area contributed by atoms with Gasteiger partial charge in [-0.25, -0.2) is 0 Å².